The molecule has 7 nitrogen and oxygen atoms in total. The molecule has 7 heteroatoms. The number of phenols is 1. The molecule has 1 aliphatic heterocycles. The van der Waals surface area contributed by atoms with E-state index in [9.17, 15) is 14.7 Å². The van der Waals surface area contributed by atoms with Gasteiger partial charge in [0.15, 0.2) is 11.5 Å². The molecule has 0 saturated carbocycles. The van der Waals surface area contributed by atoms with Gasteiger partial charge in [-0.25, -0.2) is 5.01 Å². The summed E-state index contributed by atoms with van der Waals surface area (Å²) in [6.07, 6.45) is 1.42. The number of rotatable bonds is 4. The fourth-order valence-electron chi connectivity index (χ4n) is 2.43. The van der Waals surface area contributed by atoms with E-state index in [1.54, 1.807) is 43.5 Å². The van der Waals surface area contributed by atoms with Gasteiger partial charge in [-0.3, -0.25) is 15.0 Å². The molecule has 0 radical (unpaired) electrons. The van der Waals surface area contributed by atoms with E-state index in [2.05, 4.69) is 5.43 Å². The van der Waals surface area contributed by atoms with E-state index in [0.717, 1.165) is 5.01 Å². The summed E-state index contributed by atoms with van der Waals surface area (Å²) < 4.78 is 10.0. The molecule has 1 aliphatic rings. The SMILES string of the molecule is COc1ccc(N2NC(=O)/C(=C\c3ccc(OC)c(O)c3)C2=O)cc1. The van der Waals surface area contributed by atoms with Gasteiger partial charge in [0.25, 0.3) is 11.8 Å². The van der Waals surface area contributed by atoms with Crippen molar-refractivity contribution in [2.75, 3.05) is 19.2 Å². The zero-order valence-corrected chi connectivity index (χ0v) is 13.6. The highest BCUT2D eigenvalue weighted by molar-refractivity contribution is 6.31. The van der Waals surface area contributed by atoms with Gasteiger partial charge in [0.2, 0.25) is 0 Å². The zero-order valence-electron chi connectivity index (χ0n) is 13.6. The molecule has 0 aromatic heterocycles. The number of phenolic OH excluding ortho intramolecular Hbond substituents is 1. The summed E-state index contributed by atoms with van der Waals surface area (Å²) in [5.41, 5.74) is 3.51. The first kappa shape index (κ1) is 16.4. The minimum absolute atomic E-state index is 0.0274. The molecule has 2 aromatic carbocycles. The van der Waals surface area contributed by atoms with E-state index >= 15 is 0 Å². The van der Waals surface area contributed by atoms with Gasteiger partial charge in [0.05, 0.1) is 19.9 Å². The van der Waals surface area contributed by atoms with Gasteiger partial charge in [-0.1, -0.05) is 6.07 Å². The third kappa shape index (κ3) is 3.12. The lowest BCUT2D eigenvalue weighted by molar-refractivity contribution is -0.117. The van der Waals surface area contributed by atoms with Crippen LogP contribution in [0.4, 0.5) is 5.69 Å². The normalized spacial score (nSPS) is 15.4. The second-order valence-corrected chi connectivity index (χ2v) is 5.27. The molecule has 3 rings (SSSR count). The lowest BCUT2D eigenvalue weighted by Gasteiger charge is -2.14. The summed E-state index contributed by atoms with van der Waals surface area (Å²) in [7, 11) is 2.98. The third-order valence-electron chi connectivity index (χ3n) is 3.74. The highest BCUT2D eigenvalue weighted by atomic mass is 16.5. The van der Waals surface area contributed by atoms with Gasteiger partial charge in [-0.2, -0.15) is 0 Å². The van der Waals surface area contributed by atoms with Crippen LogP contribution in [0.25, 0.3) is 6.08 Å². The number of hydrazine groups is 1. The van der Waals surface area contributed by atoms with Crippen molar-refractivity contribution in [1.29, 1.82) is 0 Å². The smallest absolute Gasteiger partial charge is 0.282 e. The maximum Gasteiger partial charge on any atom is 0.282 e. The van der Waals surface area contributed by atoms with Gasteiger partial charge in [0.1, 0.15) is 11.3 Å². The summed E-state index contributed by atoms with van der Waals surface area (Å²) in [4.78, 5) is 24.7. The number of carbonyl (C=O) groups excluding carboxylic acids is 2. The van der Waals surface area contributed by atoms with E-state index < -0.39 is 11.8 Å². The van der Waals surface area contributed by atoms with Crippen LogP contribution >= 0.6 is 0 Å². The molecule has 0 bridgehead atoms. The van der Waals surface area contributed by atoms with Crippen molar-refractivity contribution >= 4 is 23.6 Å². The Balaban J connectivity index is 1.89. The quantitative estimate of drug-likeness (QED) is 0.655. The molecule has 128 valence electrons. The van der Waals surface area contributed by atoms with Crippen molar-refractivity contribution in [3.63, 3.8) is 0 Å². The Morgan fingerprint density at radius 3 is 2.36 bits per heavy atom. The first-order valence-electron chi connectivity index (χ1n) is 7.41. The molecule has 1 heterocycles. The molecule has 2 N–H and O–H groups in total. The predicted molar refractivity (Wildman–Crippen MR) is 91.3 cm³/mol. The van der Waals surface area contributed by atoms with Crippen LogP contribution in [0.1, 0.15) is 5.56 Å². The first-order chi connectivity index (χ1) is 12.0. The largest absolute Gasteiger partial charge is 0.504 e. The third-order valence-corrected chi connectivity index (χ3v) is 3.74. The molecule has 0 unspecified atom stereocenters. The molecule has 0 spiro atoms. The highest BCUT2D eigenvalue weighted by Gasteiger charge is 2.34. The number of anilines is 1. The molecule has 1 saturated heterocycles. The number of ether oxygens (including phenoxy) is 2. The Kier molecular flexibility index (Phi) is 4.30. The van der Waals surface area contributed by atoms with E-state index in [1.807, 2.05) is 0 Å². The second kappa shape index (κ2) is 6.56. The Labute approximate surface area is 144 Å². The fraction of sp³-hybridized carbons (Fsp3) is 0.111. The minimum atomic E-state index is -0.517. The number of nitrogens with one attached hydrogen (secondary N) is 1. The topological polar surface area (TPSA) is 88.1 Å². The van der Waals surface area contributed by atoms with Crippen molar-refractivity contribution in [2.24, 2.45) is 0 Å². The lowest BCUT2D eigenvalue weighted by Crippen LogP contribution is -2.35. The second-order valence-electron chi connectivity index (χ2n) is 5.27. The Bertz CT molecular complexity index is 858. The Hall–Kier alpha value is -3.48. The molecule has 25 heavy (non-hydrogen) atoms. The zero-order chi connectivity index (χ0) is 18.0. The molecular weight excluding hydrogens is 324 g/mol. The Morgan fingerprint density at radius 2 is 1.76 bits per heavy atom. The summed E-state index contributed by atoms with van der Waals surface area (Å²) in [5.74, 6) is -0.119. The van der Waals surface area contributed by atoms with Crippen molar-refractivity contribution in [1.82, 2.24) is 5.43 Å². The standard InChI is InChI=1S/C18H16N2O5/c1-24-13-6-4-12(5-7-13)20-18(23)14(17(22)19-20)9-11-3-8-16(25-2)15(21)10-11/h3-10,21H,1-2H3,(H,19,22)/b14-9+. The van der Waals surface area contributed by atoms with Gasteiger partial charge >= 0.3 is 0 Å². The predicted octanol–water partition coefficient (Wildman–Crippen LogP) is 1.87. The van der Waals surface area contributed by atoms with Crippen molar-refractivity contribution < 1.29 is 24.2 Å². The van der Waals surface area contributed by atoms with Crippen molar-refractivity contribution in [3.8, 4) is 17.2 Å². The number of benzene rings is 2. The average molecular weight is 340 g/mol. The highest BCUT2D eigenvalue weighted by Crippen LogP contribution is 2.28. The average Bonchev–Trinajstić information content (AvgIpc) is 2.90. The summed E-state index contributed by atoms with van der Waals surface area (Å²) in [6.45, 7) is 0. The van der Waals surface area contributed by atoms with Crippen LogP contribution in [0.2, 0.25) is 0 Å². The number of carbonyl (C=O) groups is 2. The Morgan fingerprint density at radius 1 is 1.04 bits per heavy atom. The van der Waals surface area contributed by atoms with Gasteiger partial charge in [0, 0.05) is 0 Å². The van der Waals surface area contributed by atoms with Crippen LogP contribution in [-0.2, 0) is 9.59 Å². The summed E-state index contributed by atoms with van der Waals surface area (Å²) >= 11 is 0. The molecule has 1 fully saturated rings. The van der Waals surface area contributed by atoms with Crippen LogP contribution in [0.15, 0.2) is 48.0 Å². The molecule has 2 amide bonds. The van der Waals surface area contributed by atoms with Gasteiger partial charge in [-0.15, -0.1) is 0 Å². The van der Waals surface area contributed by atoms with Crippen LogP contribution in [-0.4, -0.2) is 31.1 Å². The van der Waals surface area contributed by atoms with Crippen LogP contribution < -0.4 is 19.9 Å². The lowest BCUT2D eigenvalue weighted by atomic mass is 10.1. The summed E-state index contributed by atoms with van der Waals surface area (Å²) in [5, 5.41) is 11.0. The number of amides is 2. The molecule has 2 aromatic rings. The van der Waals surface area contributed by atoms with E-state index in [4.69, 9.17) is 9.47 Å². The van der Waals surface area contributed by atoms with Crippen molar-refractivity contribution in [3.05, 3.63) is 53.6 Å². The van der Waals surface area contributed by atoms with Gasteiger partial charge in [-0.05, 0) is 48.0 Å². The number of methoxy groups -OCH3 is 2. The number of hydrogen-bond acceptors (Lipinski definition) is 5. The van der Waals surface area contributed by atoms with E-state index in [-0.39, 0.29) is 11.3 Å². The van der Waals surface area contributed by atoms with Crippen molar-refractivity contribution in [2.45, 2.75) is 0 Å². The van der Waals surface area contributed by atoms with Crippen LogP contribution in [0.5, 0.6) is 17.2 Å². The molecule has 0 aliphatic carbocycles. The van der Waals surface area contributed by atoms with Crippen LogP contribution in [0, 0.1) is 0 Å². The maximum absolute atomic E-state index is 12.5. The van der Waals surface area contributed by atoms with Crippen LogP contribution in [0.3, 0.4) is 0 Å². The first-order valence-corrected chi connectivity index (χ1v) is 7.41. The van der Waals surface area contributed by atoms with Gasteiger partial charge < -0.3 is 14.6 Å². The van der Waals surface area contributed by atoms with E-state index in [0.29, 0.717) is 22.7 Å². The molecule has 0 atom stereocenters. The van der Waals surface area contributed by atoms with E-state index in [1.165, 1.54) is 19.3 Å². The summed E-state index contributed by atoms with van der Waals surface area (Å²) in [6, 6.07) is 11.3. The minimum Gasteiger partial charge on any atom is -0.504 e. The fourth-order valence-corrected chi connectivity index (χ4v) is 2.43. The molecular formula is C18H16N2O5. The number of hydrogen-bond donors (Lipinski definition) is 2. The maximum atomic E-state index is 12.5. The monoisotopic (exact) mass is 340 g/mol. The number of nitrogens with zero attached hydrogens (tertiary/aromatic N) is 1. The number of aromatic hydroxyl groups is 1.